The molecule has 0 unspecified atom stereocenters. The van der Waals surface area contributed by atoms with Crippen molar-refractivity contribution in [1.82, 2.24) is 5.32 Å². The van der Waals surface area contributed by atoms with Gasteiger partial charge in [-0.3, -0.25) is 9.10 Å². The second-order valence-corrected chi connectivity index (χ2v) is 9.87. The van der Waals surface area contributed by atoms with Crippen LogP contribution in [0.15, 0.2) is 48.5 Å². The van der Waals surface area contributed by atoms with E-state index < -0.39 is 10.0 Å². The molecule has 2 aromatic rings. The number of hydrogen-bond acceptors (Lipinski definition) is 4. The van der Waals surface area contributed by atoms with Crippen molar-refractivity contribution in [3.63, 3.8) is 0 Å². The number of nitrogens with zero attached hydrogens (tertiary/aromatic N) is 1. The molecular weight excluding hydrogens is 412 g/mol. The molecule has 1 amide bonds. The van der Waals surface area contributed by atoms with Crippen LogP contribution < -0.4 is 14.4 Å². The number of para-hydroxylation sites is 2. The Morgan fingerprint density at radius 1 is 1.06 bits per heavy atom. The summed E-state index contributed by atoms with van der Waals surface area (Å²) < 4.78 is 31.1. The van der Waals surface area contributed by atoms with Crippen molar-refractivity contribution in [1.29, 1.82) is 0 Å². The lowest BCUT2D eigenvalue weighted by Gasteiger charge is -2.24. The third kappa shape index (κ3) is 7.90. The summed E-state index contributed by atoms with van der Waals surface area (Å²) in [6.45, 7) is 5.17. The first-order valence-corrected chi connectivity index (χ1v) is 12.5. The van der Waals surface area contributed by atoms with Gasteiger partial charge in [0.15, 0.2) is 0 Å². The Kier molecular flexibility index (Phi) is 9.37. The molecule has 1 N–H and O–H groups in total. The predicted octanol–water partition coefficient (Wildman–Crippen LogP) is 4.11. The number of benzene rings is 2. The Hall–Kier alpha value is -2.54. The molecule has 0 fully saturated rings. The van der Waals surface area contributed by atoms with Gasteiger partial charge in [0.25, 0.3) is 0 Å². The molecule has 0 bridgehead atoms. The van der Waals surface area contributed by atoms with E-state index in [1.807, 2.05) is 0 Å². The SMILES string of the molecule is COc1ccccc1N(CCCC(=O)NCCCc1ccc(C(C)C)cc1)S(C)(=O)=O. The van der Waals surface area contributed by atoms with Crippen LogP contribution in [-0.4, -0.2) is 40.8 Å². The fraction of sp³-hybridized carbons (Fsp3) is 0.458. The maximum atomic E-state index is 12.2. The topological polar surface area (TPSA) is 75.7 Å². The van der Waals surface area contributed by atoms with Gasteiger partial charge in [0.2, 0.25) is 15.9 Å². The van der Waals surface area contributed by atoms with Gasteiger partial charge in [0.05, 0.1) is 19.1 Å². The monoisotopic (exact) mass is 446 g/mol. The number of carbonyl (C=O) groups is 1. The van der Waals surface area contributed by atoms with E-state index in [0.717, 1.165) is 19.1 Å². The van der Waals surface area contributed by atoms with E-state index in [-0.39, 0.29) is 18.9 Å². The molecule has 6 nitrogen and oxygen atoms in total. The largest absolute Gasteiger partial charge is 0.495 e. The summed E-state index contributed by atoms with van der Waals surface area (Å²) >= 11 is 0. The van der Waals surface area contributed by atoms with E-state index in [4.69, 9.17) is 4.74 Å². The second kappa shape index (κ2) is 11.7. The van der Waals surface area contributed by atoms with Gasteiger partial charge in [-0.15, -0.1) is 0 Å². The van der Waals surface area contributed by atoms with Crippen LogP contribution in [0.2, 0.25) is 0 Å². The molecule has 0 spiro atoms. The number of ether oxygens (including phenoxy) is 1. The summed E-state index contributed by atoms with van der Waals surface area (Å²) in [5.41, 5.74) is 3.07. The van der Waals surface area contributed by atoms with Gasteiger partial charge in [-0.25, -0.2) is 8.42 Å². The summed E-state index contributed by atoms with van der Waals surface area (Å²) in [4.78, 5) is 12.2. The van der Waals surface area contributed by atoms with Gasteiger partial charge in [0.1, 0.15) is 5.75 Å². The molecule has 0 aliphatic heterocycles. The number of aryl methyl sites for hydroxylation is 1. The molecule has 0 heterocycles. The normalized spacial score (nSPS) is 11.4. The van der Waals surface area contributed by atoms with Gasteiger partial charge < -0.3 is 10.1 Å². The van der Waals surface area contributed by atoms with Gasteiger partial charge in [-0.1, -0.05) is 50.2 Å². The van der Waals surface area contributed by atoms with Crippen molar-refractivity contribution >= 4 is 21.6 Å². The van der Waals surface area contributed by atoms with Crippen molar-refractivity contribution in [2.75, 3.05) is 30.8 Å². The average Bonchev–Trinajstić information content (AvgIpc) is 2.73. The van der Waals surface area contributed by atoms with Crippen LogP contribution in [0, 0.1) is 0 Å². The Bertz CT molecular complexity index is 940. The van der Waals surface area contributed by atoms with Crippen LogP contribution in [-0.2, 0) is 21.2 Å². The summed E-state index contributed by atoms with van der Waals surface area (Å²) in [5, 5.41) is 2.93. The minimum absolute atomic E-state index is 0.0661. The highest BCUT2D eigenvalue weighted by Crippen LogP contribution is 2.29. The van der Waals surface area contributed by atoms with Crippen molar-refractivity contribution in [2.45, 2.75) is 45.4 Å². The number of rotatable bonds is 12. The zero-order valence-electron chi connectivity index (χ0n) is 18.9. The maximum absolute atomic E-state index is 12.2. The summed E-state index contributed by atoms with van der Waals surface area (Å²) in [7, 11) is -1.98. The molecule has 2 rings (SSSR count). The number of nitrogens with one attached hydrogen (secondary N) is 1. The number of carbonyl (C=O) groups excluding carboxylic acids is 1. The lowest BCUT2D eigenvalue weighted by atomic mass is 10.0. The number of sulfonamides is 1. The van der Waals surface area contributed by atoms with Crippen molar-refractivity contribution in [2.24, 2.45) is 0 Å². The molecule has 2 aromatic carbocycles. The molecule has 0 radical (unpaired) electrons. The minimum Gasteiger partial charge on any atom is -0.495 e. The van der Waals surface area contributed by atoms with Crippen LogP contribution in [0.5, 0.6) is 5.75 Å². The molecule has 7 heteroatoms. The first-order valence-electron chi connectivity index (χ1n) is 10.7. The highest BCUT2D eigenvalue weighted by molar-refractivity contribution is 7.92. The smallest absolute Gasteiger partial charge is 0.232 e. The lowest BCUT2D eigenvalue weighted by Crippen LogP contribution is -2.32. The van der Waals surface area contributed by atoms with Crippen molar-refractivity contribution < 1.29 is 17.9 Å². The number of methoxy groups -OCH3 is 1. The van der Waals surface area contributed by atoms with Gasteiger partial charge in [0, 0.05) is 19.5 Å². The quantitative estimate of drug-likeness (QED) is 0.498. The maximum Gasteiger partial charge on any atom is 0.232 e. The molecule has 0 aliphatic rings. The fourth-order valence-corrected chi connectivity index (χ4v) is 4.33. The summed E-state index contributed by atoms with van der Waals surface area (Å²) in [6.07, 6.45) is 3.63. The van der Waals surface area contributed by atoms with E-state index in [1.165, 1.54) is 22.5 Å². The summed E-state index contributed by atoms with van der Waals surface area (Å²) in [5.74, 6) is 0.942. The zero-order valence-corrected chi connectivity index (χ0v) is 19.7. The van der Waals surface area contributed by atoms with E-state index in [1.54, 1.807) is 24.3 Å². The van der Waals surface area contributed by atoms with Gasteiger partial charge >= 0.3 is 0 Å². The Morgan fingerprint density at radius 3 is 2.35 bits per heavy atom. The number of hydrogen-bond donors (Lipinski definition) is 1. The molecule has 0 saturated carbocycles. The molecule has 0 aromatic heterocycles. The van der Waals surface area contributed by atoms with Crippen LogP contribution in [0.3, 0.4) is 0 Å². The number of anilines is 1. The van der Waals surface area contributed by atoms with Crippen molar-refractivity contribution in [3.8, 4) is 5.75 Å². The van der Waals surface area contributed by atoms with Crippen LogP contribution >= 0.6 is 0 Å². The van der Waals surface area contributed by atoms with Crippen molar-refractivity contribution in [3.05, 3.63) is 59.7 Å². The van der Waals surface area contributed by atoms with Gasteiger partial charge in [-0.05, 0) is 48.4 Å². The van der Waals surface area contributed by atoms with Crippen LogP contribution in [0.1, 0.15) is 50.2 Å². The van der Waals surface area contributed by atoms with E-state index in [9.17, 15) is 13.2 Å². The predicted molar refractivity (Wildman–Crippen MR) is 126 cm³/mol. The molecule has 0 aliphatic carbocycles. The standard InChI is InChI=1S/C24H34N2O4S/c1-19(2)21-15-13-20(14-16-21)9-7-17-25-24(27)12-8-18-26(31(4,28)29)22-10-5-6-11-23(22)30-3/h5-6,10-11,13-16,19H,7-9,12,17-18H2,1-4H3,(H,25,27). The molecular formula is C24H34N2O4S. The van der Waals surface area contributed by atoms with E-state index in [0.29, 0.717) is 30.3 Å². The zero-order chi connectivity index (χ0) is 22.9. The average molecular weight is 447 g/mol. The summed E-state index contributed by atoms with van der Waals surface area (Å²) in [6, 6.07) is 15.6. The lowest BCUT2D eigenvalue weighted by molar-refractivity contribution is -0.121. The molecule has 0 atom stereocenters. The van der Waals surface area contributed by atoms with E-state index >= 15 is 0 Å². The third-order valence-electron chi connectivity index (χ3n) is 5.13. The first-order chi connectivity index (χ1) is 14.7. The van der Waals surface area contributed by atoms with Crippen LogP contribution in [0.25, 0.3) is 0 Å². The molecule has 170 valence electrons. The first kappa shape index (κ1) is 24.7. The molecule has 0 saturated heterocycles. The third-order valence-corrected chi connectivity index (χ3v) is 6.31. The van der Waals surface area contributed by atoms with Gasteiger partial charge in [-0.2, -0.15) is 0 Å². The Balaban J connectivity index is 1.77. The Labute approximate surface area is 186 Å². The Morgan fingerprint density at radius 2 is 1.74 bits per heavy atom. The van der Waals surface area contributed by atoms with Crippen LogP contribution in [0.4, 0.5) is 5.69 Å². The molecule has 31 heavy (non-hydrogen) atoms. The van der Waals surface area contributed by atoms with E-state index in [2.05, 4.69) is 43.4 Å². The minimum atomic E-state index is -3.49. The fourth-order valence-electron chi connectivity index (χ4n) is 3.36. The number of amides is 1. The second-order valence-electron chi connectivity index (χ2n) is 7.96. The highest BCUT2D eigenvalue weighted by atomic mass is 32.2. The highest BCUT2D eigenvalue weighted by Gasteiger charge is 2.20.